The van der Waals surface area contributed by atoms with Crippen LogP contribution < -0.4 is 0 Å². The molecule has 0 radical (unpaired) electrons. The van der Waals surface area contributed by atoms with Crippen molar-refractivity contribution in [1.82, 2.24) is 0 Å². The first-order valence-corrected chi connectivity index (χ1v) is 6.00. The van der Waals surface area contributed by atoms with Gasteiger partial charge in [-0.25, -0.2) is 0 Å². The summed E-state index contributed by atoms with van der Waals surface area (Å²) in [6.45, 7) is 1.33. The van der Waals surface area contributed by atoms with E-state index in [0.29, 0.717) is 0 Å². The van der Waals surface area contributed by atoms with E-state index in [4.69, 9.17) is 92.8 Å². The van der Waals surface area contributed by atoms with E-state index >= 15 is 0 Å². The second kappa shape index (κ2) is 4.67. The second-order valence-electron chi connectivity index (χ2n) is 2.39. The average molecular weight is 348 g/mol. The molecular weight excluding hydrogens is 344 g/mol. The predicted molar refractivity (Wildman–Crippen MR) is 64.5 cm³/mol. The van der Waals surface area contributed by atoms with Crippen LogP contribution in [0.5, 0.6) is 0 Å². The molecule has 13 heavy (non-hydrogen) atoms. The fraction of sp³-hybridized carbons (Fsp3) is 1.00. The topological polar surface area (TPSA) is 0 Å². The average Bonchev–Trinajstić information content (AvgIpc) is 1.84. The highest BCUT2D eigenvalue weighted by atomic mass is 35.6. The van der Waals surface area contributed by atoms with Crippen LogP contribution in [0.4, 0.5) is 0 Å². The first-order valence-electron chi connectivity index (χ1n) is 2.86. The lowest BCUT2D eigenvalue weighted by Crippen LogP contribution is -2.51. The molecule has 0 aromatic carbocycles. The Labute approximate surface area is 117 Å². The van der Waals surface area contributed by atoms with E-state index in [2.05, 4.69) is 0 Å². The highest BCUT2D eigenvalue weighted by Crippen LogP contribution is 2.57. The van der Waals surface area contributed by atoms with Gasteiger partial charge in [-0.15, -0.1) is 23.2 Å². The van der Waals surface area contributed by atoms with E-state index in [9.17, 15) is 0 Å². The summed E-state index contributed by atoms with van der Waals surface area (Å²) in [4.78, 5) is -1.23. The summed E-state index contributed by atoms with van der Waals surface area (Å²) < 4.78 is -5.38. The molecule has 0 amide bonds. The van der Waals surface area contributed by atoms with Crippen molar-refractivity contribution in [3.05, 3.63) is 0 Å². The summed E-state index contributed by atoms with van der Waals surface area (Å²) in [5.74, 6) is 0. The van der Waals surface area contributed by atoms with Gasteiger partial charge in [0.2, 0.25) is 0 Å². The van der Waals surface area contributed by atoms with Crippen LogP contribution >= 0.6 is 92.8 Å². The molecule has 0 bridgehead atoms. The third-order valence-corrected chi connectivity index (χ3v) is 6.04. The Morgan fingerprint density at radius 3 is 1.23 bits per heavy atom. The van der Waals surface area contributed by atoms with Gasteiger partial charge in [-0.3, -0.25) is 0 Å². The third kappa shape index (κ3) is 3.14. The van der Waals surface area contributed by atoms with E-state index in [0.717, 1.165) is 0 Å². The van der Waals surface area contributed by atoms with E-state index in [1.807, 2.05) is 0 Å². The summed E-state index contributed by atoms with van der Waals surface area (Å²) in [6.07, 6.45) is 0. The first-order chi connectivity index (χ1) is 5.44. The van der Waals surface area contributed by atoms with Gasteiger partial charge in [0.25, 0.3) is 0 Å². The summed E-state index contributed by atoms with van der Waals surface area (Å²) in [7, 11) is 0. The second-order valence-corrected chi connectivity index (χ2v) is 7.90. The first kappa shape index (κ1) is 15.3. The zero-order chi connectivity index (χ0) is 11.1. The van der Waals surface area contributed by atoms with Crippen LogP contribution in [0.3, 0.4) is 0 Å². The Morgan fingerprint density at radius 1 is 0.846 bits per heavy atom. The van der Waals surface area contributed by atoms with Gasteiger partial charge in [-0.05, 0) is 6.92 Å². The molecule has 80 valence electrons. The van der Waals surface area contributed by atoms with Crippen LogP contribution in [0.15, 0.2) is 0 Å². The molecule has 0 aromatic rings. The van der Waals surface area contributed by atoms with Crippen LogP contribution in [0.2, 0.25) is 0 Å². The molecule has 0 atom stereocenters. The van der Waals surface area contributed by atoms with E-state index in [1.54, 1.807) is 0 Å². The molecule has 0 aliphatic rings. The molecule has 0 aliphatic carbocycles. The maximum Gasteiger partial charge on any atom is 0.185 e. The minimum absolute atomic E-state index is 1.23. The van der Waals surface area contributed by atoms with Gasteiger partial charge in [0.1, 0.15) is 4.84 Å². The molecule has 0 aliphatic heterocycles. The molecule has 0 N–H and O–H groups in total. The van der Waals surface area contributed by atoms with E-state index < -0.39 is 17.8 Å². The van der Waals surface area contributed by atoms with Crippen molar-refractivity contribution in [2.24, 2.45) is 0 Å². The summed E-state index contributed by atoms with van der Waals surface area (Å²) in [5.41, 5.74) is 0. The summed E-state index contributed by atoms with van der Waals surface area (Å²) >= 11 is 45.3. The van der Waals surface area contributed by atoms with Crippen LogP contribution in [0.1, 0.15) is 6.92 Å². The van der Waals surface area contributed by atoms with Crippen molar-refractivity contribution in [3.63, 3.8) is 0 Å². The van der Waals surface area contributed by atoms with Gasteiger partial charge >= 0.3 is 0 Å². The number of halogens is 8. The predicted octanol–water partition coefficient (Wildman–Crippen LogP) is 5.33. The van der Waals surface area contributed by atoms with Gasteiger partial charge in [0.15, 0.2) is 13.0 Å². The number of rotatable bonds is 3. The SMILES string of the molecule is CC(Cl)(Cl)C(Cl)(Cl)C(Cl)(Cl)C(Cl)Cl. The fourth-order valence-electron chi connectivity index (χ4n) is 0.430. The van der Waals surface area contributed by atoms with Gasteiger partial charge in [0, 0.05) is 0 Å². The van der Waals surface area contributed by atoms with Crippen LogP contribution in [-0.4, -0.2) is 17.8 Å². The molecule has 0 heterocycles. The molecule has 0 spiro atoms. The van der Waals surface area contributed by atoms with Crippen LogP contribution in [-0.2, 0) is 0 Å². The van der Waals surface area contributed by atoms with Gasteiger partial charge < -0.3 is 0 Å². The number of hydrogen-bond donors (Lipinski definition) is 0. The smallest absolute Gasteiger partial charge is 0.102 e. The molecule has 0 fully saturated rings. The Balaban J connectivity index is 5.04. The normalized spacial score (nSPS) is 15.2. The summed E-state index contributed by atoms with van der Waals surface area (Å²) in [6, 6.07) is 0. The monoisotopic (exact) mass is 344 g/mol. The molecule has 0 aromatic heterocycles. The summed E-state index contributed by atoms with van der Waals surface area (Å²) in [5, 5.41) is 0. The van der Waals surface area contributed by atoms with E-state index in [-0.39, 0.29) is 0 Å². The van der Waals surface area contributed by atoms with Crippen LogP contribution in [0.25, 0.3) is 0 Å². The zero-order valence-corrected chi connectivity index (χ0v) is 12.1. The fourth-order valence-corrected chi connectivity index (χ4v) is 2.07. The van der Waals surface area contributed by atoms with Crippen molar-refractivity contribution in [1.29, 1.82) is 0 Å². The molecule has 0 saturated heterocycles. The van der Waals surface area contributed by atoms with Crippen molar-refractivity contribution in [2.45, 2.75) is 24.8 Å². The molecular formula is C5H4Cl8. The molecule has 0 saturated carbocycles. The Kier molecular flexibility index (Phi) is 5.51. The zero-order valence-electron chi connectivity index (χ0n) is 6.10. The van der Waals surface area contributed by atoms with Crippen molar-refractivity contribution >= 4 is 92.8 Å². The Hall–Kier alpha value is 2.32. The molecule has 8 heteroatoms. The highest BCUT2D eigenvalue weighted by molar-refractivity contribution is 6.72. The lowest BCUT2D eigenvalue weighted by Gasteiger charge is -2.39. The van der Waals surface area contributed by atoms with Crippen molar-refractivity contribution in [2.75, 3.05) is 0 Å². The lowest BCUT2D eigenvalue weighted by atomic mass is 10.2. The highest BCUT2D eigenvalue weighted by Gasteiger charge is 2.61. The third-order valence-electron chi connectivity index (χ3n) is 1.24. The molecule has 0 rings (SSSR count). The van der Waals surface area contributed by atoms with Gasteiger partial charge in [-0.2, -0.15) is 0 Å². The maximum absolute atomic E-state index is 5.77. The molecule has 0 unspecified atom stereocenters. The minimum atomic E-state index is -1.90. The Morgan fingerprint density at radius 2 is 1.15 bits per heavy atom. The lowest BCUT2D eigenvalue weighted by molar-refractivity contribution is 0.629. The maximum atomic E-state index is 5.77. The van der Waals surface area contributed by atoms with E-state index in [1.165, 1.54) is 6.92 Å². The number of hydrogen-bond acceptors (Lipinski definition) is 0. The standard InChI is InChI=1S/C5H4Cl8/c1-3(8,9)5(12,13)4(10,11)2(6)7/h2H,1H3. The van der Waals surface area contributed by atoms with Gasteiger partial charge in [-0.1, -0.05) is 69.6 Å². The van der Waals surface area contributed by atoms with Gasteiger partial charge in [0.05, 0.1) is 0 Å². The minimum Gasteiger partial charge on any atom is -0.102 e. The van der Waals surface area contributed by atoms with Crippen molar-refractivity contribution in [3.8, 4) is 0 Å². The largest absolute Gasteiger partial charge is 0.185 e. The quantitative estimate of drug-likeness (QED) is 0.605. The van der Waals surface area contributed by atoms with Crippen LogP contribution in [0, 0.1) is 0 Å². The molecule has 0 nitrogen and oxygen atoms in total. The Bertz CT molecular complexity index is 177. The number of alkyl halides is 8. The van der Waals surface area contributed by atoms with Crippen molar-refractivity contribution < 1.29 is 0 Å².